The van der Waals surface area contributed by atoms with E-state index in [4.69, 9.17) is 14.2 Å². The van der Waals surface area contributed by atoms with E-state index in [1.54, 1.807) is 13.2 Å². The molecule has 0 aliphatic rings. The summed E-state index contributed by atoms with van der Waals surface area (Å²) in [6.45, 7) is 7.02. The van der Waals surface area contributed by atoms with E-state index in [2.05, 4.69) is 19.2 Å². The topological polar surface area (TPSA) is 56.8 Å². The Morgan fingerprint density at radius 3 is 2.19 bits per heavy atom. The number of hydrogen-bond donors (Lipinski definition) is 1. The molecule has 0 radical (unpaired) electrons. The molecule has 3 aromatic carbocycles. The van der Waals surface area contributed by atoms with Crippen molar-refractivity contribution in [1.29, 1.82) is 0 Å². The molecule has 0 heterocycles. The number of carbonyl (C=O) groups is 1. The monoisotopic (exact) mass is 419 g/mol. The molecule has 0 unspecified atom stereocenters. The van der Waals surface area contributed by atoms with Crippen LogP contribution < -0.4 is 19.5 Å². The predicted molar refractivity (Wildman–Crippen MR) is 123 cm³/mol. The van der Waals surface area contributed by atoms with Gasteiger partial charge >= 0.3 is 0 Å². The largest absolute Gasteiger partial charge is 0.497 e. The summed E-state index contributed by atoms with van der Waals surface area (Å²) in [6, 6.07) is 20.7. The summed E-state index contributed by atoms with van der Waals surface area (Å²) in [4.78, 5) is 12.8. The van der Waals surface area contributed by atoms with Crippen molar-refractivity contribution in [2.24, 2.45) is 0 Å². The van der Waals surface area contributed by atoms with Crippen molar-refractivity contribution in [3.63, 3.8) is 0 Å². The summed E-state index contributed by atoms with van der Waals surface area (Å²) in [6.07, 6.45) is 0. The molecule has 5 nitrogen and oxygen atoms in total. The summed E-state index contributed by atoms with van der Waals surface area (Å²) in [7, 11) is 1.62. The summed E-state index contributed by atoms with van der Waals surface area (Å²) in [5, 5.41) is 2.96. The Labute approximate surface area is 184 Å². The van der Waals surface area contributed by atoms with Gasteiger partial charge in [0, 0.05) is 16.8 Å². The minimum absolute atomic E-state index is 0.175. The van der Waals surface area contributed by atoms with Gasteiger partial charge in [-0.3, -0.25) is 4.79 Å². The van der Waals surface area contributed by atoms with E-state index < -0.39 is 0 Å². The van der Waals surface area contributed by atoms with E-state index in [1.165, 1.54) is 5.56 Å². The summed E-state index contributed by atoms with van der Waals surface area (Å²) in [5.41, 5.74) is 3.35. The quantitative estimate of drug-likeness (QED) is 0.459. The lowest BCUT2D eigenvalue weighted by Crippen LogP contribution is -2.13. The van der Waals surface area contributed by atoms with Crippen LogP contribution in [0.15, 0.2) is 66.7 Å². The van der Waals surface area contributed by atoms with E-state index in [9.17, 15) is 4.79 Å². The number of hydrogen-bond acceptors (Lipinski definition) is 4. The first-order chi connectivity index (χ1) is 15.0. The van der Waals surface area contributed by atoms with Gasteiger partial charge in [0.15, 0.2) is 0 Å². The molecule has 0 saturated heterocycles. The molecule has 1 N–H and O–H groups in total. The maximum atomic E-state index is 12.8. The highest BCUT2D eigenvalue weighted by Crippen LogP contribution is 2.25. The van der Waals surface area contributed by atoms with Crippen LogP contribution in [-0.4, -0.2) is 19.6 Å². The average Bonchev–Trinajstić information content (AvgIpc) is 2.79. The molecular formula is C26H29NO4. The van der Waals surface area contributed by atoms with Crippen LogP contribution in [0.25, 0.3) is 0 Å². The first-order valence-electron chi connectivity index (χ1n) is 10.4. The van der Waals surface area contributed by atoms with Gasteiger partial charge in [0.1, 0.15) is 23.9 Å². The number of carbonyl (C=O) groups excluding carboxylic acids is 1. The molecule has 3 aromatic rings. The highest BCUT2D eigenvalue weighted by Gasteiger charge is 2.12. The molecule has 0 spiro atoms. The van der Waals surface area contributed by atoms with E-state index >= 15 is 0 Å². The SMILES string of the molecule is CCOc1ccc(C(=O)Nc2ccc(C(C)C)cc2)cc1COc1ccc(OC)cc1. The van der Waals surface area contributed by atoms with Gasteiger partial charge in [-0.2, -0.15) is 0 Å². The third kappa shape index (κ3) is 6.01. The number of rotatable bonds is 9. The lowest BCUT2D eigenvalue weighted by molar-refractivity contribution is 0.102. The predicted octanol–water partition coefficient (Wildman–Crippen LogP) is 6.05. The highest BCUT2D eigenvalue weighted by molar-refractivity contribution is 6.04. The Morgan fingerprint density at radius 1 is 0.903 bits per heavy atom. The van der Waals surface area contributed by atoms with Gasteiger partial charge in [0.2, 0.25) is 0 Å². The molecule has 1 amide bonds. The molecule has 0 aromatic heterocycles. The number of ether oxygens (including phenoxy) is 3. The minimum atomic E-state index is -0.175. The zero-order valence-electron chi connectivity index (χ0n) is 18.5. The van der Waals surface area contributed by atoms with Gasteiger partial charge in [-0.25, -0.2) is 0 Å². The zero-order valence-corrected chi connectivity index (χ0v) is 18.5. The Bertz CT molecular complexity index is 995. The second-order valence-corrected chi connectivity index (χ2v) is 7.45. The molecular weight excluding hydrogens is 390 g/mol. The van der Waals surface area contributed by atoms with Crippen LogP contribution in [0.5, 0.6) is 17.2 Å². The maximum absolute atomic E-state index is 12.8. The molecule has 0 bridgehead atoms. The van der Waals surface area contributed by atoms with Crippen molar-refractivity contribution in [1.82, 2.24) is 0 Å². The third-order valence-electron chi connectivity index (χ3n) is 4.91. The van der Waals surface area contributed by atoms with Crippen LogP contribution in [-0.2, 0) is 6.61 Å². The first kappa shape index (κ1) is 22.2. The van der Waals surface area contributed by atoms with Crippen LogP contribution in [0.2, 0.25) is 0 Å². The van der Waals surface area contributed by atoms with Gasteiger partial charge in [-0.1, -0.05) is 26.0 Å². The maximum Gasteiger partial charge on any atom is 0.255 e. The number of amides is 1. The van der Waals surface area contributed by atoms with Crippen molar-refractivity contribution >= 4 is 11.6 Å². The second-order valence-electron chi connectivity index (χ2n) is 7.45. The molecule has 0 saturated carbocycles. The molecule has 0 atom stereocenters. The van der Waals surface area contributed by atoms with Gasteiger partial charge in [-0.15, -0.1) is 0 Å². The summed E-state index contributed by atoms with van der Waals surface area (Å²) in [5.74, 6) is 2.45. The minimum Gasteiger partial charge on any atom is -0.497 e. The fraction of sp³-hybridized carbons (Fsp3) is 0.269. The van der Waals surface area contributed by atoms with Crippen LogP contribution in [0.1, 0.15) is 48.2 Å². The molecule has 162 valence electrons. The lowest BCUT2D eigenvalue weighted by atomic mass is 10.0. The number of nitrogens with one attached hydrogen (secondary N) is 1. The number of anilines is 1. The van der Waals surface area contributed by atoms with Crippen LogP contribution in [0.3, 0.4) is 0 Å². The first-order valence-corrected chi connectivity index (χ1v) is 10.4. The summed E-state index contributed by atoms with van der Waals surface area (Å²) < 4.78 is 16.8. The second kappa shape index (κ2) is 10.5. The van der Waals surface area contributed by atoms with Crippen molar-refractivity contribution < 1.29 is 19.0 Å². The molecule has 0 fully saturated rings. The third-order valence-corrected chi connectivity index (χ3v) is 4.91. The lowest BCUT2D eigenvalue weighted by Gasteiger charge is -2.14. The van der Waals surface area contributed by atoms with E-state index in [0.29, 0.717) is 29.6 Å². The van der Waals surface area contributed by atoms with E-state index in [0.717, 1.165) is 17.0 Å². The molecule has 0 aliphatic carbocycles. The highest BCUT2D eigenvalue weighted by atomic mass is 16.5. The Hall–Kier alpha value is -3.47. The van der Waals surface area contributed by atoms with Crippen molar-refractivity contribution in [3.8, 4) is 17.2 Å². The number of methoxy groups -OCH3 is 1. The van der Waals surface area contributed by atoms with Gasteiger partial charge in [0.25, 0.3) is 5.91 Å². The molecule has 3 rings (SSSR count). The van der Waals surface area contributed by atoms with E-state index in [-0.39, 0.29) is 12.5 Å². The van der Waals surface area contributed by atoms with Crippen molar-refractivity contribution in [2.75, 3.05) is 19.0 Å². The fourth-order valence-electron chi connectivity index (χ4n) is 3.12. The molecule has 31 heavy (non-hydrogen) atoms. The van der Waals surface area contributed by atoms with Crippen LogP contribution >= 0.6 is 0 Å². The molecule has 5 heteroatoms. The fourth-order valence-corrected chi connectivity index (χ4v) is 3.12. The van der Waals surface area contributed by atoms with Gasteiger partial charge in [-0.05, 0) is 73.0 Å². The Balaban J connectivity index is 1.73. The Kier molecular flexibility index (Phi) is 7.55. The molecule has 0 aliphatic heterocycles. The van der Waals surface area contributed by atoms with Crippen LogP contribution in [0, 0.1) is 0 Å². The summed E-state index contributed by atoms with van der Waals surface area (Å²) >= 11 is 0. The normalized spacial score (nSPS) is 10.6. The van der Waals surface area contributed by atoms with E-state index in [1.807, 2.05) is 67.6 Å². The van der Waals surface area contributed by atoms with Gasteiger partial charge in [0.05, 0.1) is 13.7 Å². The number of benzene rings is 3. The van der Waals surface area contributed by atoms with Gasteiger partial charge < -0.3 is 19.5 Å². The average molecular weight is 420 g/mol. The Morgan fingerprint density at radius 2 is 1.58 bits per heavy atom. The van der Waals surface area contributed by atoms with Crippen LogP contribution in [0.4, 0.5) is 5.69 Å². The zero-order chi connectivity index (χ0) is 22.2. The van der Waals surface area contributed by atoms with Crippen molar-refractivity contribution in [3.05, 3.63) is 83.4 Å². The van der Waals surface area contributed by atoms with Crippen molar-refractivity contribution in [2.45, 2.75) is 33.3 Å². The standard InChI is InChI=1S/C26H29NO4/c1-5-30-25-15-8-20(26(28)27-22-9-6-19(7-10-22)18(2)3)16-21(25)17-31-24-13-11-23(29-4)12-14-24/h6-16,18H,5,17H2,1-4H3,(H,27,28). The smallest absolute Gasteiger partial charge is 0.255 e.